The van der Waals surface area contributed by atoms with Crippen molar-refractivity contribution in [1.29, 1.82) is 0 Å². The number of nitrogens with zero attached hydrogens (tertiary/aromatic N) is 4. The van der Waals surface area contributed by atoms with Gasteiger partial charge in [-0.3, -0.25) is 9.69 Å². The molecule has 4 atom stereocenters. The second kappa shape index (κ2) is 15.6. The van der Waals surface area contributed by atoms with Crippen LogP contribution in [-0.2, 0) is 9.53 Å². The number of amides is 3. The minimum absolute atomic E-state index is 0.0979. The summed E-state index contributed by atoms with van der Waals surface area (Å²) >= 11 is 0. The first-order valence-corrected chi connectivity index (χ1v) is 17.4. The number of carbonyl (C=O) groups is 3. The highest BCUT2D eigenvalue weighted by atomic mass is 16.5. The van der Waals surface area contributed by atoms with Gasteiger partial charge in [-0.05, 0) is 67.8 Å². The van der Waals surface area contributed by atoms with Gasteiger partial charge in [-0.15, -0.1) is 0 Å². The Morgan fingerprint density at radius 3 is 1.96 bits per heavy atom. The van der Waals surface area contributed by atoms with E-state index in [1.165, 1.54) is 7.11 Å². The maximum atomic E-state index is 13.1. The average molecular weight is 683 g/mol. The van der Waals surface area contributed by atoms with E-state index in [9.17, 15) is 19.5 Å². The zero-order valence-electron chi connectivity index (χ0n) is 28.8. The van der Waals surface area contributed by atoms with Gasteiger partial charge < -0.3 is 35.3 Å². The predicted molar refractivity (Wildman–Crippen MR) is 189 cm³/mol. The van der Waals surface area contributed by atoms with Crippen molar-refractivity contribution >= 4 is 18.1 Å². The molecule has 13 heteroatoms. The van der Waals surface area contributed by atoms with Crippen molar-refractivity contribution in [2.45, 2.75) is 76.5 Å². The summed E-state index contributed by atoms with van der Waals surface area (Å²) in [5, 5.41) is 14.5. The smallest absolute Gasteiger partial charge is 0.407 e. The number of alkyl carbamates (subject to hydrolysis) is 1. The summed E-state index contributed by atoms with van der Waals surface area (Å²) < 4.78 is 4.64. The summed E-state index contributed by atoms with van der Waals surface area (Å²) in [5.74, 6) is 1.49. The van der Waals surface area contributed by atoms with E-state index in [4.69, 9.17) is 4.98 Å². The number of likely N-dealkylation sites (tertiary alicyclic amines) is 2. The fourth-order valence-electron chi connectivity index (χ4n) is 7.22. The zero-order chi connectivity index (χ0) is 35.2. The number of H-pyrrole nitrogens is 2. The lowest BCUT2D eigenvalue weighted by Gasteiger charge is -2.27. The normalized spacial score (nSPS) is 18.9. The van der Waals surface area contributed by atoms with Crippen molar-refractivity contribution < 1.29 is 24.2 Å². The molecule has 2 aromatic carbocycles. The molecule has 1 unspecified atom stereocenters. The van der Waals surface area contributed by atoms with Gasteiger partial charge in [0, 0.05) is 19.1 Å². The number of aromatic amines is 2. The summed E-state index contributed by atoms with van der Waals surface area (Å²) in [6, 6.07) is 15.9. The molecule has 0 saturated carbocycles. The van der Waals surface area contributed by atoms with Crippen molar-refractivity contribution in [3.63, 3.8) is 0 Å². The van der Waals surface area contributed by atoms with E-state index in [-0.39, 0.29) is 24.0 Å². The molecular formula is C37H46N8O5. The van der Waals surface area contributed by atoms with E-state index >= 15 is 0 Å². The number of carbonyl (C=O) groups excluding carboxylic acids is 2. The maximum absolute atomic E-state index is 13.1. The monoisotopic (exact) mass is 682 g/mol. The quantitative estimate of drug-likeness (QED) is 0.119. The summed E-state index contributed by atoms with van der Waals surface area (Å²) in [5.41, 5.74) is 6.04. The van der Waals surface area contributed by atoms with Crippen LogP contribution < -0.4 is 10.6 Å². The first-order chi connectivity index (χ1) is 24.2. The van der Waals surface area contributed by atoms with Crippen LogP contribution in [-0.4, -0.2) is 91.8 Å². The van der Waals surface area contributed by atoms with Crippen LogP contribution in [0.5, 0.6) is 0 Å². The number of ether oxygens (including phenoxy) is 1. The third kappa shape index (κ3) is 7.83. The van der Waals surface area contributed by atoms with Crippen molar-refractivity contribution in [3.8, 4) is 33.6 Å². The Kier molecular flexibility index (Phi) is 10.8. The molecule has 2 aliphatic rings. The maximum Gasteiger partial charge on any atom is 0.407 e. The lowest BCUT2D eigenvalue weighted by Crippen LogP contribution is -2.46. The van der Waals surface area contributed by atoms with Crippen LogP contribution in [0.3, 0.4) is 0 Å². The minimum Gasteiger partial charge on any atom is -0.465 e. The van der Waals surface area contributed by atoms with Crippen molar-refractivity contribution in [1.82, 2.24) is 40.4 Å². The molecule has 2 fully saturated rings. The number of aromatic nitrogens is 4. The summed E-state index contributed by atoms with van der Waals surface area (Å²) in [6.45, 7) is 5.93. The summed E-state index contributed by atoms with van der Waals surface area (Å²) in [6.07, 6.45) is 7.50. The van der Waals surface area contributed by atoms with Gasteiger partial charge in [0.05, 0.1) is 43.0 Å². The Hall–Kier alpha value is -5.17. The van der Waals surface area contributed by atoms with Crippen molar-refractivity contribution in [3.05, 3.63) is 72.6 Å². The van der Waals surface area contributed by atoms with Crippen molar-refractivity contribution in [2.75, 3.05) is 26.7 Å². The molecule has 5 N–H and O–H groups in total. The molecule has 50 heavy (non-hydrogen) atoms. The molecule has 0 bridgehead atoms. The molecule has 4 aromatic rings. The molecular weight excluding hydrogens is 636 g/mol. The number of methoxy groups -OCH3 is 1. The van der Waals surface area contributed by atoms with Gasteiger partial charge in [0.1, 0.15) is 17.7 Å². The highest BCUT2D eigenvalue weighted by Gasteiger charge is 2.35. The fourth-order valence-corrected chi connectivity index (χ4v) is 7.22. The molecule has 0 radical (unpaired) electrons. The van der Waals surface area contributed by atoms with Crippen LogP contribution in [0, 0.1) is 0 Å². The van der Waals surface area contributed by atoms with E-state index in [0.29, 0.717) is 13.1 Å². The van der Waals surface area contributed by atoms with Gasteiger partial charge in [-0.1, -0.05) is 61.9 Å². The van der Waals surface area contributed by atoms with Gasteiger partial charge in [0.25, 0.3) is 0 Å². The molecule has 0 spiro atoms. The molecule has 2 aromatic heterocycles. The van der Waals surface area contributed by atoms with Crippen LogP contribution in [0.4, 0.5) is 9.59 Å². The highest BCUT2D eigenvalue weighted by Crippen LogP contribution is 2.34. The van der Waals surface area contributed by atoms with E-state index < -0.39 is 18.2 Å². The lowest BCUT2D eigenvalue weighted by atomic mass is 10.0. The van der Waals surface area contributed by atoms with Gasteiger partial charge in [0.15, 0.2) is 0 Å². The Morgan fingerprint density at radius 1 is 0.860 bits per heavy atom. The van der Waals surface area contributed by atoms with Gasteiger partial charge in [0.2, 0.25) is 5.91 Å². The molecule has 264 valence electrons. The average Bonchev–Trinajstić information content (AvgIpc) is 3.95. The van der Waals surface area contributed by atoms with Crippen LogP contribution >= 0.6 is 0 Å². The zero-order valence-corrected chi connectivity index (χ0v) is 28.8. The Bertz CT molecular complexity index is 1770. The van der Waals surface area contributed by atoms with Crippen LogP contribution in [0.25, 0.3) is 33.6 Å². The van der Waals surface area contributed by atoms with Gasteiger partial charge >= 0.3 is 12.2 Å². The van der Waals surface area contributed by atoms with E-state index in [2.05, 4.69) is 90.7 Å². The predicted octanol–water partition coefficient (Wildman–Crippen LogP) is 6.12. The molecule has 13 nitrogen and oxygen atoms in total. The number of hydrogen-bond donors (Lipinski definition) is 5. The highest BCUT2D eigenvalue weighted by molar-refractivity contribution is 5.85. The second-order valence-electron chi connectivity index (χ2n) is 13.2. The third-order valence-electron chi connectivity index (χ3n) is 9.76. The Morgan fingerprint density at radius 2 is 1.40 bits per heavy atom. The number of imidazole rings is 2. The summed E-state index contributed by atoms with van der Waals surface area (Å²) in [7, 11) is 1.27. The standard InChI is InChI=1S/C37H46N8O5/c1-4-7-28(41-36(47)48)22-44-18-5-8-31(44)33-38-20-29(42-33)26-14-10-24(11-15-26)25-12-16-27(17-13-25)30-21-39-34(43-30)32-9-6-19-45(32)35(46)23(2)40-37(49)50-3/h10-17,20-21,23,28,31-32,41H,4-9,18-19,22H2,1-3H3,(H,38,42)(H,39,43)(H,40,49)(H,47,48)/t23-,28-,31-,32?/m0/s1. The van der Waals surface area contributed by atoms with E-state index in [0.717, 1.165) is 90.4 Å². The molecule has 2 saturated heterocycles. The number of hydrogen-bond acceptors (Lipinski definition) is 7. The van der Waals surface area contributed by atoms with Crippen LogP contribution in [0.15, 0.2) is 60.9 Å². The Labute approximate surface area is 291 Å². The number of rotatable bonds is 12. The van der Waals surface area contributed by atoms with Gasteiger partial charge in [-0.25, -0.2) is 19.6 Å². The lowest BCUT2D eigenvalue weighted by molar-refractivity contribution is -0.134. The third-order valence-corrected chi connectivity index (χ3v) is 9.76. The van der Waals surface area contributed by atoms with E-state index in [1.807, 2.05) is 6.20 Å². The second-order valence-corrected chi connectivity index (χ2v) is 13.2. The molecule has 0 aliphatic carbocycles. The number of nitrogens with one attached hydrogen (secondary N) is 4. The van der Waals surface area contributed by atoms with E-state index in [1.54, 1.807) is 18.0 Å². The first kappa shape index (κ1) is 34.7. The number of carboxylic acid groups (broad SMARTS) is 1. The molecule has 2 aliphatic heterocycles. The SMILES string of the molecule is CCC[C@@H](CN1CCC[C@H]1c1ncc(-c2ccc(-c3ccc(-c4cnc(C5CCCN5C(=O)[C@H](C)NC(=O)OC)[nH]4)cc3)cc2)[nH]1)NC(=O)O. The largest absolute Gasteiger partial charge is 0.465 e. The first-order valence-electron chi connectivity index (χ1n) is 17.4. The number of benzene rings is 2. The summed E-state index contributed by atoms with van der Waals surface area (Å²) in [4.78, 5) is 56.4. The Balaban J connectivity index is 1.09. The topological polar surface area (TPSA) is 169 Å². The minimum atomic E-state index is -0.976. The molecule has 6 rings (SSSR count). The van der Waals surface area contributed by atoms with Crippen LogP contribution in [0.2, 0.25) is 0 Å². The van der Waals surface area contributed by atoms with Crippen LogP contribution in [0.1, 0.15) is 76.1 Å². The molecule has 3 amide bonds. The van der Waals surface area contributed by atoms with Gasteiger partial charge in [-0.2, -0.15) is 0 Å². The molecule has 4 heterocycles. The fraction of sp³-hybridized carbons (Fsp3) is 0.432. The van der Waals surface area contributed by atoms with Crippen molar-refractivity contribution in [2.24, 2.45) is 0 Å².